The van der Waals surface area contributed by atoms with Crippen LogP contribution in [0.1, 0.15) is 24.8 Å². The third-order valence-electron chi connectivity index (χ3n) is 4.29. The number of benzene rings is 1. The lowest BCUT2D eigenvalue weighted by atomic mass is 10.0. The van der Waals surface area contributed by atoms with Gasteiger partial charge in [-0.3, -0.25) is 4.90 Å². The number of nitrogens with one attached hydrogen (secondary N) is 2. The molecule has 0 aromatic heterocycles. The monoisotopic (exact) mass is 259 g/mol. The van der Waals surface area contributed by atoms with Crippen molar-refractivity contribution in [2.45, 2.75) is 37.9 Å². The van der Waals surface area contributed by atoms with E-state index in [1.165, 1.54) is 44.5 Å². The highest BCUT2D eigenvalue weighted by Gasteiger charge is 2.23. The van der Waals surface area contributed by atoms with E-state index in [0.717, 1.165) is 13.1 Å². The van der Waals surface area contributed by atoms with E-state index in [1.54, 1.807) is 0 Å². The molecular weight excluding hydrogens is 234 g/mol. The Kier molecular flexibility index (Phi) is 4.49. The maximum Gasteiger partial charge on any atom is 0.0234 e. The van der Waals surface area contributed by atoms with Crippen LogP contribution < -0.4 is 10.6 Å². The minimum Gasteiger partial charge on any atom is -0.315 e. The molecule has 2 aliphatic heterocycles. The third-order valence-corrected chi connectivity index (χ3v) is 4.29. The molecule has 0 spiro atoms. The lowest BCUT2D eigenvalue weighted by Crippen LogP contribution is -2.49. The largest absolute Gasteiger partial charge is 0.315 e. The SMILES string of the molecule is c1ccc(CN2CCCC(NC3CCNC3)C2)cc1. The Morgan fingerprint density at radius 2 is 2.05 bits per heavy atom. The Hall–Kier alpha value is -0.900. The Labute approximate surface area is 116 Å². The quantitative estimate of drug-likeness (QED) is 0.860. The van der Waals surface area contributed by atoms with Crippen molar-refractivity contribution >= 4 is 0 Å². The van der Waals surface area contributed by atoms with E-state index in [4.69, 9.17) is 0 Å². The van der Waals surface area contributed by atoms with Crippen LogP contribution >= 0.6 is 0 Å². The highest BCUT2D eigenvalue weighted by atomic mass is 15.2. The number of rotatable bonds is 4. The number of hydrogen-bond acceptors (Lipinski definition) is 3. The molecule has 2 fully saturated rings. The Morgan fingerprint density at radius 1 is 1.16 bits per heavy atom. The zero-order valence-electron chi connectivity index (χ0n) is 11.6. The van der Waals surface area contributed by atoms with Gasteiger partial charge in [-0.05, 0) is 37.9 Å². The number of likely N-dealkylation sites (tertiary alicyclic amines) is 1. The standard InChI is InChI=1S/C16H25N3/c1-2-5-14(6-3-1)12-19-10-4-7-16(13-19)18-15-8-9-17-11-15/h1-3,5-6,15-18H,4,7-13H2. The summed E-state index contributed by atoms with van der Waals surface area (Å²) in [4.78, 5) is 2.60. The predicted molar refractivity (Wildman–Crippen MR) is 79.2 cm³/mol. The fraction of sp³-hybridized carbons (Fsp3) is 0.625. The van der Waals surface area contributed by atoms with Gasteiger partial charge in [0.1, 0.15) is 0 Å². The molecule has 2 unspecified atom stereocenters. The summed E-state index contributed by atoms with van der Waals surface area (Å²) in [6, 6.07) is 12.2. The van der Waals surface area contributed by atoms with Gasteiger partial charge < -0.3 is 10.6 Å². The summed E-state index contributed by atoms with van der Waals surface area (Å²) in [6.07, 6.45) is 3.95. The van der Waals surface area contributed by atoms with Crippen LogP contribution in [0.4, 0.5) is 0 Å². The summed E-state index contributed by atoms with van der Waals surface area (Å²) in [7, 11) is 0. The molecule has 3 heteroatoms. The molecule has 2 heterocycles. The predicted octanol–water partition coefficient (Wildman–Crippen LogP) is 1.60. The van der Waals surface area contributed by atoms with Gasteiger partial charge in [-0.2, -0.15) is 0 Å². The maximum absolute atomic E-state index is 3.83. The van der Waals surface area contributed by atoms with Gasteiger partial charge >= 0.3 is 0 Å². The molecule has 2 aliphatic rings. The summed E-state index contributed by atoms with van der Waals surface area (Å²) in [5, 5.41) is 7.27. The van der Waals surface area contributed by atoms with Crippen molar-refractivity contribution in [3.63, 3.8) is 0 Å². The van der Waals surface area contributed by atoms with Crippen LogP contribution in [-0.2, 0) is 6.54 Å². The first-order valence-electron chi connectivity index (χ1n) is 7.63. The molecule has 0 saturated carbocycles. The molecule has 0 radical (unpaired) electrons. The van der Waals surface area contributed by atoms with Gasteiger partial charge in [0.15, 0.2) is 0 Å². The number of nitrogens with zero attached hydrogens (tertiary/aromatic N) is 1. The molecule has 1 aromatic rings. The van der Waals surface area contributed by atoms with Crippen molar-refractivity contribution in [3.05, 3.63) is 35.9 Å². The second-order valence-electron chi connectivity index (χ2n) is 5.92. The second-order valence-corrected chi connectivity index (χ2v) is 5.92. The molecule has 1 aromatic carbocycles. The zero-order valence-corrected chi connectivity index (χ0v) is 11.6. The molecule has 2 saturated heterocycles. The average Bonchev–Trinajstić information content (AvgIpc) is 2.93. The number of hydrogen-bond donors (Lipinski definition) is 2. The van der Waals surface area contributed by atoms with Gasteiger partial charge in [-0.1, -0.05) is 30.3 Å². The first-order valence-corrected chi connectivity index (χ1v) is 7.63. The highest BCUT2D eigenvalue weighted by molar-refractivity contribution is 5.14. The fourth-order valence-corrected chi connectivity index (χ4v) is 3.31. The average molecular weight is 259 g/mol. The second kappa shape index (κ2) is 6.51. The Morgan fingerprint density at radius 3 is 2.84 bits per heavy atom. The van der Waals surface area contributed by atoms with Crippen molar-refractivity contribution in [2.24, 2.45) is 0 Å². The third kappa shape index (κ3) is 3.78. The van der Waals surface area contributed by atoms with Gasteiger partial charge in [-0.25, -0.2) is 0 Å². The molecule has 3 rings (SSSR count). The van der Waals surface area contributed by atoms with Gasteiger partial charge in [0.05, 0.1) is 0 Å². The summed E-state index contributed by atoms with van der Waals surface area (Å²) in [5.74, 6) is 0. The van der Waals surface area contributed by atoms with Crippen LogP contribution in [0.3, 0.4) is 0 Å². The van der Waals surface area contributed by atoms with E-state index < -0.39 is 0 Å². The minimum absolute atomic E-state index is 0.683. The summed E-state index contributed by atoms with van der Waals surface area (Å²) in [5.41, 5.74) is 1.44. The Balaban J connectivity index is 1.50. The van der Waals surface area contributed by atoms with E-state index in [0.29, 0.717) is 12.1 Å². The van der Waals surface area contributed by atoms with Crippen molar-refractivity contribution in [2.75, 3.05) is 26.2 Å². The summed E-state index contributed by atoms with van der Waals surface area (Å²) >= 11 is 0. The summed E-state index contributed by atoms with van der Waals surface area (Å²) < 4.78 is 0. The summed E-state index contributed by atoms with van der Waals surface area (Å²) in [6.45, 7) is 5.87. The Bertz CT molecular complexity index is 373. The topological polar surface area (TPSA) is 27.3 Å². The fourth-order valence-electron chi connectivity index (χ4n) is 3.31. The van der Waals surface area contributed by atoms with Gasteiger partial charge in [0, 0.05) is 31.7 Å². The lowest BCUT2D eigenvalue weighted by Gasteiger charge is -2.34. The van der Waals surface area contributed by atoms with Crippen LogP contribution in [0.15, 0.2) is 30.3 Å². The van der Waals surface area contributed by atoms with E-state index in [-0.39, 0.29) is 0 Å². The minimum atomic E-state index is 0.683. The molecule has 0 amide bonds. The molecule has 0 bridgehead atoms. The molecule has 2 atom stereocenters. The van der Waals surface area contributed by atoms with E-state index in [2.05, 4.69) is 45.9 Å². The van der Waals surface area contributed by atoms with Crippen molar-refractivity contribution in [3.8, 4) is 0 Å². The van der Waals surface area contributed by atoms with Crippen molar-refractivity contribution in [1.29, 1.82) is 0 Å². The van der Waals surface area contributed by atoms with Crippen LogP contribution in [0.5, 0.6) is 0 Å². The first kappa shape index (κ1) is 13.1. The first-order chi connectivity index (χ1) is 9.40. The molecule has 104 valence electrons. The lowest BCUT2D eigenvalue weighted by molar-refractivity contribution is 0.177. The molecule has 0 aliphatic carbocycles. The zero-order chi connectivity index (χ0) is 12.9. The van der Waals surface area contributed by atoms with Crippen LogP contribution in [0, 0.1) is 0 Å². The molecular formula is C16H25N3. The van der Waals surface area contributed by atoms with Crippen LogP contribution in [-0.4, -0.2) is 43.2 Å². The van der Waals surface area contributed by atoms with Gasteiger partial charge in [-0.15, -0.1) is 0 Å². The van der Waals surface area contributed by atoms with Crippen molar-refractivity contribution < 1.29 is 0 Å². The maximum atomic E-state index is 3.83. The van der Waals surface area contributed by atoms with Crippen molar-refractivity contribution in [1.82, 2.24) is 15.5 Å². The number of piperidine rings is 1. The van der Waals surface area contributed by atoms with Crippen LogP contribution in [0.2, 0.25) is 0 Å². The van der Waals surface area contributed by atoms with E-state index in [9.17, 15) is 0 Å². The molecule has 2 N–H and O–H groups in total. The van der Waals surface area contributed by atoms with Crippen LogP contribution in [0.25, 0.3) is 0 Å². The van der Waals surface area contributed by atoms with Gasteiger partial charge in [0.2, 0.25) is 0 Å². The molecule has 19 heavy (non-hydrogen) atoms. The normalized spacial score (nSPS) is 28.6. The van der Waals surface area contributed by atoms with E-state index >= 15 is 0 Å². The molecule has 3 nitrogen and oxygen atoms in total. The highest BCUT2D eigenvalue weighted by Crippen LogP contribution is 2.15. The van der Waals surface area contributed by atoms with E-state index in [1.807, 2.05) is 0 Å². The smallest absolute Gasteiger partial charge is 0.0234 e. The van der Waals surface area contributed by atoms with Gasteiger partial charge in [0.25, 0.3) is 0 Å².